The second kappa shape index (κ2) is 6.11. The van der Waals surface area contributed by atoms with Gasteiger partial charge in [0.15, 0.2) is 6.61 Å². The Morgan fingerprint density at radius 3 is 2.72 bits per heavy atom. The second-order valence-corrected chi connectivity index (χ2v) is 4.02. The predicted molar refractivity (Wildman–Crippen MR) is 67.5 cm³/mol. The smallest absolute Gasteiger partial charge is 0.344 e. The Labute approximate surface area is 109 Å². The Morgan fingerprint density at radius 1 is 1.33 bits per heavy atom. The predicted octanol–water partition coefficient (Wildman–Crippen LogP) is 2.15. The Hall–Kier alpha value is -1.95. The molecule has 0 atom stereocenters. The average Bonchev–Trinajstić information content (AvgIpc) is 2.91. The monoisotopic (exact) mass is 264 g/mol. The van der Waals surface area contributed by atoms with Crippen LogP contribution in [0.5, 0.6) is 5.75 Å². The fourth-order valence-electron chi connectivity index (χ4n) is 1.36. The van der Waals surface area contributed by atoms with E-state index in [4.69, 9.17) is 9.47 Å². The average molecular weight is 264 g/mol. The number of hydrogen-bond acceptors (Lipinski definition) is 6. The fourth-order valence-corrected chi connectivity index (χ4v) is 1.82. The van der Waals surface area contributed by atoms with Crippen LogP contribution in [0.4, 0.5) is 0 Å². The summed E-state index contributed by atoms with van der Waals surface area (Å²) in [5, 5.41) is 5.84. The molecule has 18 heavy (non-hydrogen) atoms. The minimum absolute atomic E-state index is 0.0779. The van der Waals surface area contributed by atoms with E-state index in [0.717, 1.165) is 11.3 Å². The number of nitrogens with zero attached hydrogens (tertiary/aromatic N) is 2. The van der Waals surface area contributed by atoms with Crippen molar-refractivity contribution >= 4 is 17.5 Å². The van der Waals surface area contributed by atoms with Crippen LogP contribution in [0.1, 0.15) is 6.92 Å². The number of aromatic nitrogens is 2. The van der Waals surface area contributed by atoms with Gasteiger partial charge in [-0.25, -0.2) is 4.79 Å². The van der Waals surface area contributed by atoms with Crippen LogP contribution < -0.4 is 4.74 Å². The molecule has 6 heteroatoms. The van der Waals surface area contributed by atoms with Crippen LogP contribution in [0, 0.1) is 0 Å². The van der Waals surface area contributed by atoms with E-state index in [0.29, 0.717) is 12.4 Å². The van der Waals surface area contributed by atoms with Gasteiger partial charge >= 0.3 is 5.97 Å². The first-order valence-corrected chi connectivity index (χ1v) is 6.29. The molecule has 0 aliphatic rings. The van der Waals surface area contributed by atoms with Crippen LogP contribution in [0.15, 0.2) is 29.6 Å². The van der Waals surface area contributed by atoms with Gasteiger partial charge in [-0.2, -0.15) is 0 Å². The SMILES string of the molecule is CCOC(=O)COc1ccc(-c2csnn2)cc1. The molecule has 0 radical (unpaired) electrons. The molecule has 2 aromatic rings. The number of ether oxygens (including phenoxy) is 2. The third-order valence-corrected chi connectivity index (χ3v) is 2.68. The van der Waals surface area contributed by atoms with Gasteiger partial charge in [0.05, 0.1) is 6.61 Å². The lowest BCUT2D eigenvalue weighted by molar-refractivity contribution is -0.145. The summed E-state index contributed by atoms with van der Waals surface area (Å²) in [6.45, 7) is 2.04. The molecule has 0 spiro atoms. The molecule has 0 N–H and O–H groups in total. The summed E-state index contributed by atoms with van der Waals surface area (Å²) in [5.41, 5.74) is 1.80. The van der Waals surface area contributed by atoms with Gasteiger partial charge in [0, 0.05) is 10.9 Å². The van der Waals surface area contributed by atoms with Gasteiger partial charge < -0.3 is 9.47 Å². The van der Waals surface area contributed by atoms with Crippen molar-refractivity contribution in [1.82, 2.24) is 9.59 Å². The van der Waals surface area contributed by atoms with Gasteiger partial charge in [0.1, 0.15) is 11.4 Å². The summed E-state index contributed by atoms with van der Waals surface area (Å²) in [4.78, 5) is 11.1. The number of carbonyl (C=O) groups excluding carboxylic acids is 1. The van der Waals surface area contributed by atoms with Crippen molar-refractivity contribution in [3.05, 3.63) is 29.6 Å². The molecule has 1 heterocycles. The van der Waals surface area contributed by atoms with Gasteiger partial charge in [0.2, 0.25) is 0 Å². The molecule has 5 nitrogen and oxygen atoms in total. The molecule has 0 fully saturated rings. The van der Waals surface area contributed by atoms with E-state index in [2.05, 4.69) is 9.59 Å². The Balaban J connectivity index is 1.94. The van der Waals surface area contributed by atoms with Gasteiger partial charge in [-0.15, -0.1) is 5.10 Å². The highest BCUT2D eigenvalue weighted by Gasteiger charge is 2.04. The highest BCUT2D eigenvalue weighted by molar-refractivity contribution is 7.03. The number of esters is 1. The Bertz CT molecular complexity index is 497. The summed E-state index contributed by atoms with van der Waals surface area (Å²) < 4.78 is 13.9. The first-order valence-electron chi connectivity index (χ1n) is 5.45. The number of carbonyl (C=O) groups is 1. The van der Waals surface area contributed by atoms with Crippen molar-refractivity contribution in [2.45, 2.75) is 6.92 Å². The lowest BCUT2D eigenvalue weighted by Crippen LogP contribution is -2.14. The largest absolute Gasteiger partial charge is 0.482 e. The summed E-state index contributed by atoms with van der Waals surface area (Å²) in [6.07, 6.45) is 0. The zero-order valence-corrected chi connectivity index (χ0v) is 10.6. The lowest BCUT2D eigenvalue weighted by Gasteiger charge is -2.05. The Morgan fingerprint density at radius 2 is 2.11 bits per heavy atom. The fraction of sp³-hybridized carbons (Fsp3) is 0.250. The van der Waals surface area contributed by atoms with E-state index in [9.17, 15) is 4.79 Å². The van der Waals surface area contributed by atoms with Crippen LogP contribution in [0.25, 0.3) is 11.3 Å². The molecule has 0 bridgehead atoms. The second-order valence-electron chi connectivity index (χ2n) is 3.41. The van der Waals surface area contributed by atoms with Gasteiger partial charge in [-0.05, 0) is 42.7 Å². The van der Waals surface area contributed by atoms with Crippen LogP contribution in [-0.2, 0) is 9.53 Å². The van der Waals surface area contributed by atoms with E-state index >= 15 is 0 Å². The van der Waals surface area contributed by atoms with Crippen molar-refractivity contribution in [3.63, 3.8) is 0 Å². The van der Waals surface area contributed by atoms with Crippen molar-refractivity contribution in [2.24, 2.45) is 0 Å². The standard InChI is InChI=1S/C12H12N2O3S/c1-2-16-12(15)7-17-10-5-3-9(4-6-10)11-8-18-14-13-11/h3-6,8H,2,7H2,1H3. The van der Waals surface area contributed by atoms with Crippen LogP contribution in [0.3, 0.4) is 0 Å². The van der Waals surface area contributed by atoms with Crippen LogP contribution >= 0.6 is 11.5 Å². The number of rotatable bonds is 5. The minimum atomic E-state index is -0.370. The van der Waals surface area contributed by atoms with E-state index in [1.165, 1.54) is 11.5 Å². The molecule has 0 aliphatic carbocycles. The van der Waals surface area contributed by atoms with Gasteiger partial charge in [-0.1, -0.05) is 4.49 Å². The zero-order chi connectivity index (χ0) is 12.8. The summed E-state index contributed by atoms with van der Waals surface area (Å²) in [7, 11) is 0. The number of hydrogen-bond donors (Lipinski definition) is 0. The molecular weight excluding hydrogens is 252 g/mol. The van der Waals surface area contributed by atoms with Crippen LogP contribution in [0.2, 0.25) is 0 Å². The first-order chi connectivity index (χ1) is 8.79. The quantitative estimate of drug-likeness (QED) is 0.774. The normalized spacial score (nSPS) is 10.1. The van der Waals surface area contributed by atoms with Crippen molar-refractivity contribution < 1.29 is 14.3 Å². The maximum atomic E-state index is 11.1. The molecule has 2 rings (SSSR count). The highest BCUT2D eigenvalue weighted by atomic mass is 32.1. The van der Waals surface area contributed by atoms with Crippen LogP contribution in [-0.4, -0.2) is 28.8 Å². The zero-order valence-electron chi connectivity index (χ0n) is 9.83. The maximum Gasteiger partial charge on any atom is 0.344 e. The van der Waals surface area contributed by atoms with E-state index in [1.54, 1.807) is 19.1 Å². The maximum absolute atomic E-state index is 11.1. The molecule has 0 aliphatic heterocycles. The molecule has 1 aromatic heterocycles. The van der Waals surface area contributed by atoms with Gasteiger partial charge in [0.25, 0.3) is 0 Å². The van der Waals surface area contributed by atoms with E-state index < -0.39 is 0 Å². The Kier molecular flexibility index (Phi) is 4.25. The topological polar surface area (TPSA) is 61.3 Å². The molecule has 0 amide bonds. The molecule has 0 saturated carbocycles. The summed E-state index contributed by atoms with van der Waals surface area (Å²) in [5.74, 6) is 0.250. The van der Waals surface area contributed by atoms with E-state index in [1.807, 2.05) is 17.5 Å². The highest BCUT2D eigenvalue weighted by Crippen LogP contribution is 2.21. The lowest BCUT2D eigenvalue weighted by atomic mass is 10.2. The third kappa shape index (κ3) is 3.27. The molecule has 0 unspecified atom stereocenters. The molecule has 1 aromatic carbocycles. The molecular formula is C12H12N2O3S. The minimum Gasteiger partial charge on any atom is -0.482 e. The molecule has 94 valence electrons. The summed E-state index contributed by atoms with van der Waals surface area (Å²) >= 11 is 1.30. The van der Waals surface area contributed by atoms with Crippen molar-refractivity contribution in [3.8, 4) is 17.0 Å². The van der Waals surface area contributed by atoms with Crippen molar-refractivity contribution in [2.75, 3.05) is 13.2 Å². The van der Waals surface area contributed by atoms with Crippen molar-refractivity contribution in [1.29, 1.82) is 0 Å². The summed E-state index contributed by atoms with van der Waals surface area (Å²) in [6, 6.07) is 7.32. The van der Waals surface area contributed by atoms with E-state index in [-0.39, 0.29) is 12.6 Å². The third-order valence-electron chi connectivity index (χ3n) is 2.17. The van der Waals surface area contributed by atoms with Gasteiger partial charge in [-0.3, -0.25) is 0 Å². The first kappa shape index (κ1) is 12.5. The number of benzene rings is 1. The molecule has 0 saturated heterocycles.